The molecule has 7 heteroatoms. The Morgan fingerprint density at radius 2 is 1.96 bits per heavy atom. The molecule has 1 aromatic carbocycles. The summed E-state index contributed by atoms with van der Waals surface area (Å²) in [6.45, 7) is 7.43. The SMILES string of the molecule is CCC(C)N1CCN(C(=O)Nc2cc(C(=O)OC)ccc2Cl)CC1. The van der Waals surface area contributed by atoms with Crippen LogP contribution in [-0.4, -0.2) is 61.1 Å². The highest BCUT2D eigenvalue weighted by Gasteiger charge is 2.24. The number of anilines is 1. The Kier molecular flexibility index (Phi) is 6.45. The maximum Gasteiger partial charge on any atom is 0.337 e. The number of rotatable bonds is 4. The minimum absolute atomic E-state index is 0.206. The second-order valence-corrected chi connectivity index (χ2v) is 6.30. The third kappa shape index (κ3) is 4.39. The predicted octanol–water partition coefficient (Wildman–Crippen LogP) is 3.07. The van der Waals surface area contributed by atoms with Crippen molar-refractivity contribution < 1.29 is 14.3 Å². The first kappa shape index (κ1) is 18.5. The standard InChI is InChI=1S/C17H24ClN3O3/c1-4-12(2)20-7-9-21(10-8-20)17(23)19-15-11-13(16(22)24-3)5-6-14(15)18/h5-6,11-12H,4,7-10H2,1-3H3,(H,19,23). The van der Waals surface area contributed by atoms with Crippen LogP contribution in [0.2, 0.25) is 5.02 Å². The lowest BCUT2D eigenvalue weighted by Gasteiger charge is -2.37. The molecule has 0 radical (unpaired) electrons. The zero-order valence-electron chi connectivity index (χ0n) is 14.3. The molecule has 0 bridgehead atoms. The number of piperazine rings is 1. The highest BCUT2D eigenvalue weighted by atomic mass is 35.5. The van der Waals surface area contributed by atoms with Gasteiger partial charge >= 0.3 is 12.0 Å². The summed E-state index contributed by atoms with van der Waals surface area (Å²) in [5.74, 6) is -0.468. The molecule has 2 amide bonds. The van der Waals surface area contributed by atoms with Crippen molar-refractivity contribution in [1.82, 2.24) is 9.80 Å². The number of nitrogens with zero attached hydrogens (tertiary/aromatic N) is 2. The van der Waals surface area contributed by atoms with Crippen LogP contribution in [-0.2, 0) is 4.74 Å². The van der Waals surface area contributed by atoms with Crippen LogP contribution < -0.4 is 5.32 Å². The number of esters is 1. The molecule has 6 nitrogen and oxygen atoms in total. The zero-order chi connectivity index (χ0) is 17.7. The molecule has 132 valence electrons. The zero-order valence-corrected chi connectivity index (χ0v) is 15.1. The van der Waals surface area contributed by atoms with Gasteiger partial charge in [-0.3, -0.25) is 4.90 Å². The van der Waals surface area contributed by atoms with E-state index < -0.39 is 5.97 Å². The summed E-state index contributed by atoms with van der Waals surface area (Å²) in [6.07, 6.45) is 1.10. The number of ether oxygens (including phenoxy) is 1. The van der Waals surface area contributed by atoms with Gasteiger partial charge in [-0.15, -0.1) is 0 Å². The van der Waals surface area contributed by atoms with E-state index >= 15 is 0 Å². The molecule has 0 aliphatic carbocycles. The van der Waals surface area contributed by atoms with Gasteiger partial charge in [0.2, 0.25) is 0 Å². The molecule has 1 heterocycles. The van der Waals surface area contributed by atoms with E-state index in [0.29, 0.717) is 35.4 Å². The fourth-order valence-corrected chi connectivity index (χ4v) is 2.85. The van der Waals surface area contributed by atoms with Crippen molar-refractivity contribution in [3.8, 4) is 0 Å². The summed E-state index contributed by atoms with van der Waals surface area (Å²) in [5.41, 5.74) is 0.757. The third-order valence-electron chi connectivity index (χ3n) is 4.44. The van der Waals surface area contributed by atoms with Gasteiger partial charge < -0.3 is 15.0 Å². The molecule has 1 aliphatic heterocycles. The summed E-state index contributed by atoms with van der Waals surface area (Å²) in [5, 5.41) is 3.17. The van der Waals surface area contributed by atoms with E-state index in [1.807, 2.05) is 0 Å². The Morgan fingerprint density at radius 3 is 2.54 bits per heavy atom. The Bertz CT molecular complexity index is 601. The van der Waals surface area contributed by atoms with Crippen molar-refractivity contribution in [3.05, 3.63) is 28.8 Å². The first-order valence-electron chi connectivity index (χ1n) is 8.14. The number of carbonyl (C=O) groups excluding carboxylic acids is 2. The van der Waals surface area contributed by atoms with E-state index in [4.69, 9.17) is 11.6 Å². The molecule has 1 aliphatic rings. The fourth-order valence-electron chi connectivity index (χ4n) is 2.68. The first-order valence-corrected chi connectivity index (χ1v) is 8.52. The molecule has 0 spiro atoms. The van der Waals surface area contributed by atoms with E-state index in [-0.39, 0.29) is 6.03 Å². The van der Waals surface area contributed by atoms with Gasteiger partial charge in [-0.1, -0.05) is 18.5 Å². The fraction of sp³-hybridized carbons (Fsp3) is 0.529. The van der Waals surface area contributed by atoms with Crippen LogP contribution >= 0.6 is 11.6 Å². The number of carbonyl (C=O) groups is 2. The number of urea groups is 1. The van der Waals surface area contributed by atoms with Crippen LogP contribution in [0.3, 0.4) is 0 Å². The third-order valence-corrected chi connectivity index (χ3v) is 4.77. The van der Waals surface area contributed by atoms with Crippen molar-refractivity contribution in [1.29, 1.82) is 0 Å². The number of amides is 2. The van der Waals surface area contributed by atoms with E-state index in [2.05, 4.69) is 28.8 Å². The average molecular weight is 354 g/mol. The van der Waals surface area contributed by atoms with Gasteiger partial charge in [0.15, 0.2) is 0 Å². The number of halogens is 1. The van der Waals surface area contributed by atoms with Gasteiger partial charge in [0.25, 0.3) is 0 Å². The van der Waals surface area contributed by atoms with Gasteiger partial charge in [0, 0.05) is 32.2 Å². The maximum absolute atomic E-state index is 12.4. The van der Waals surface area contributed by atoms with Crippen LogP contribution in [0.25, 0.3) is 0 Å². The van der Waals surface area contributed by atoms with Crippen LogP contribution in [0.15, 0.2) is 18.2 Å². The first-order chi connectivity index (χ1) is 11.5. The molecule has 24 heavy (non-hydrogen) atoms. The average Bonchev–Trinajstić information content (AvgIpc) is 2.62. The predicted molar refractivity (Wildman–Crippen MR) is 94.7 cm³/mol. The van der Waals surface area contributed by atoms with Crippen LogP contribution in [0.1, 0.15) is 30.6 Å². The van der Waals surface area contributed by atoms with E-state index in [9.17, 15) is 9.59 Å². The molecule has 1 aromatic rings. The molecule has 1 N–H and O–H groups in total. The number of benzene rings is 1. The van der Waals surface area contributed by atoms with Crippen LogP contribution in [0, 0.1) is 0 Å². The second-order valence-electron chi connectivity index (χ2n) is 5.90. The van der Waals surface area contributed by atoms with Crippen molar-refractivity contribution >= 4 is 29.3 Å². The lowest BCUT2D eigenvalue weighted by molar-refractivity contribution is 0.0600. The van der Waals surface area contributed by atoms with Gasteiger partial charge in [-0.05, 0) is 31.5 Å². The minimum Gasteiger partial charge on any atom is -0.465 e. The summed E-state index contributed by atoms with van der Waals surface area (Å²) in [4.78, 5) is 28.2. The van der Waals surface area contributed by atoms with E-state index in [1.54, 1.807) is 17.0 Å². The van der Waals surface area contributed by atoms with Crippen molar-refractivity contribution in [3.63, 3.8) is 0 Å². The summed E-state index contributed by atoms with van der Waals surface area (Å²) in [6, 6.07) is 4.99. The minimum atomic E-state index is -0.468. The second kappa shape index (κ2) is 8.35. The lowest BCUT2D eigenvalue weighted by Crippen LogP contribution is -2.52. The summed E-state index contributed by atoms with van der Waals surface area (Å²) < 4.78 is 4.69. The number of methoxy groups -OCH3 is 1. The van der Waals surface area contributed by atoms with Crippen LogP contribution in [0.5, 0.6) is 0 Å². The number of hydrogen-bond donors (Lipinski definition) is 1. The van der Waals surface area contributed by atoms with Gasteiger partial charge in [0.1, 0.15) is 0 Å². The normalized spacial score (nSPS) is 16.6. The largest absolute Gasteiger partial charge is 0.465 e. The Labute approximate surface area is 147 Å². The van der Waals surface area contributed by atoms with Gasteiger partial charge in [-0.2, -0.15) is 0 Å². The molecule has 1 atom stereocenters. The highest BCUT2D eigenvalue weighted by molar-refractivity contribution is 6.33. The summed E-state index contributed by atoms with van der Waals surface area (Å²) in [7, 11) is 1.31. The quantitative estimate of drug-likeness (QED) is 0.845. The Balaban J connectivity index is 1.99. The molecule has 0 saturated carbocycles. The van der Waals surface area contributed by atoms with E-state index in [1.165, 1.54) is 13.2 Å². The molecular formula is C17H24ClN3O3. The van der Waals surface area contributed by atoms with Crippen molar-refractivity contribution in [2.45, 2.75) is 26.3 Å². The smallest absolute Gasteiger partial charge is 0.337 e. The molecule has 0 aromatic heterocycles. The van der Waals surface area contributed by atoms with Gasteiger partial charge in [-0.25, -0.2) is 9.59 Å². The molecular weight excluding hydrogens is 330 g/mol. The summed E-state index contributed by atoms with van der Waals surface area (Å²) >= 11 is 6.12. The lowest BCUT2D eigenvalue weighted by atomic mass is 10.2. The Hall–Kier alpha value is -1.79. The van der Waals surface area contributed by atoms with E-state index in [0.717, 1.165) is 19.5 Å². The number of nitrogens with one attached hydrogen (secondary N) is 1. The van der Waals surface area contributed by atoms with Crippen molar-refractivity contribution in [2.24, 2.45) is 0 Å². The topological polar surface area (TPSA) is 61.9 Å². The maximum atomic E-state index is 12.4. The molecule has 1 fully saturated rings. The van der Waals surface area contributed by atoms with Gasteiger partial charge in [0.05, 0.1) is 23.4 Å². The molecule has 1 unspecified atom stereocenters. The monoisotopic (exact) mass is 353 g/mol. The highest BCUT2D eigenvalue weighted by Crippen LogP contribution is 2.24. The van der Waals surface area contributed by atoms with Crippen LogP contribution in [0.4, 0.5) is 10.5 Å². The molecule has 2 rings (SSSR count). The Morgan fingerprint density at radius 1 is 1.29 bits per heavy atom. The number of hydrogen-bond acceptors (Lipinski definition) is 4. The molecule has 1 saturated heterocycles. The van der Waals surface area contributed by atoms with Crippen molar-refractivity contribution in [2.75, 3.05) is 38.6 Å².